The second kappa shape index (κ2) is 6.77. The quantitative estimate of drug-likeness (QED) is 0.851. The standard InChI is InChI=1S/C14H19ClN2O3S/c1-21(19,20)16-12-8-5-9-17(10-12)14(18)13(15)11-6-3-2-4-7-11/h2-4,6-7,12-13,16H,5,8-10H2,1H3. The van der Waals surface area contributed by atoms with Gasteiger partial charge in [0.1, 0.15) is 5.38 Å². The van der Waals surface area contributed by atoms with Crippen LogP contribution in [0.2, 0.25) is 0 Å². The van der Waals surface area contributed by atoms with Crippen molar-refractivity contribution in [3.63, 3.8) is 0 Å². The lowest BCUT2D eigenvalue weighted by Gasteiger charge is -2.33. The number of rotatable bonds is 4. The van der Waals surface area contributed by atoms with E-state index in [2.05, 4.69) is 4.72 Å². The number of hydrogen-bond donors (Lipinski definition) is 1. The van der Waals surface area contributed by atoms with E-state index >= 15 is 0 Å². The summed E-state index contributed by atoms with van der Waals surface area (Å²) in [5.41, 5.74) is 0.752. The van der Waals surface area contributed by atoms with Crippen molar-refractivity contribution >= 4 is 27.5 Å². The number of amides is 1. The predicted octanol–water partition coefficient (Wildman–Crippen LogP) is 1.51. The highest BCUT2D eigenvalue weighted by Gasteiger charge is 2.29. The third kappa shape index (κ3) is 4.69. The number of alkyl halides is 1. The summed E-state index contributed by atoms with van der Waals surface area (Å²) in [4.78, 5) is 14.1. The fourth-order valence-corrected chi connectivity index (χ4v) is 3.58. The summed E-state index contributed by atoms with van der Waals surface area (Å²) in [6.07, 6.45) is 2.62. The lowest BCUT2D eigenvalue weighted by molar-refractivity contribution is -0.132. The predicted molar refractivity (Wildman–Crippen MR) is 82.6 cm³/mol. The molecule has 2 rings (SSSR count). The Kier molecular flexibility index (Phi) is 5.24. The molecule has 1 aromatic rings. The first-order valence-electron chi connectivity index (χ1n) is 6.82. The minimum absolute atomic E-state index is 0.178. The van der Waals surface area contributed by atoms with Gasteiger partial charge in [-0.2, -0.15) is 0 Å². The molecule has 1 saturated heterocycles. The van der Waals surface area contributed by atoms with Crippen LogP contribution in [-0.2, 0) is 14.8 Å². The number of likely N-dealkylation sites (tertiary alicyclic amines) is 1. The summed E-state index contributed by atoms with van der Waals surface area (Å²) in [5.74, 6) is -0.178. The van der Waals surface area contributed by atoms with Gasteiger partial charge >= 0.3 is 0 Å². The molecule has 1 heterocycles. The first-order chi connectivity index (χ1) is 9.87. The average molecular weight is 331 g/mol. The zero-order valence-corrected chi connectivity index (χ0v) is 13.4. The summed E-state index contributed by atoms with van der Waals surface area (Å²) in [5, 5.41) is -0.733. The van der Waals surface area contributed by atoms with E-state index in [-0.39, 0.29) is 11.9 Å². The number of piperidine rings is 1. The second-order valence-corrected chi connectivity index (χ2v) is 7.50. The fraction of sp³-hybridized carbons (Fsp3) is 0.500. The van der Waals surface area contributed by atoms with E-state index in [1.807, 2.05) is 30.3 Å². The lowest BCUT2D eigenvalue weighted by Crippen LogP contribution is -2.50. The van der Waals surface area contributed by atoms with Crippen molar-refractivity contribution in [2.45, 2.75) is 24.3 Å². The molecular formula is C14H19ClN2O3S. The molecule has 1 aliphatic heterocycles. The van der Waals surface area contributed by atoms with Gasteiger partial charge in [-0.15, -0.1) is 11.6 Å². The van der Waals surface area contributed by atoms with E-state index in [1.165, 1.54) is 0 Å². The Morgan fingerprint density at radius 3 is 2.67 bits per heavy atom. The topological polar surface area (TPSA) is 66.5 Å². The Labute approximate surface area is 130 Å². The largest absolute Gasteiger partial charge is 0.340 e. The van der Waals surface area contributed by atoms with Crippen LogP contribution in [0, 0.1) is 0 Å². The van der Waals surface area contributed by atoms with Crippen LogP contribution < -0.4 is 4.72 Å². The summed E-state index contributed by atoms with van der Waals surface area (Å²) in [7, 11) is -3.27. The van der Waals surface area contributed by atoms with Crippen LogP contribution in [0.4, 0.5) is 0 Å². The van der Waals surface area contributed by atoms with Crippen LogP contribution in [0.15, 0.2) is 30.3 Å². The fourth-order valence-electron chi connectivity index (χ4n) is 2.50. The van der Waals surface area contributed by atoms with Gasteiger partial charge in [0, 0.05) is 19.1 Å². The Morgan fingerprint density at radius 2 is 2.05 bits per heavy atom. The van der Waals surface area contributed by atoms with E-state index in [4.69, 9.17) is 11.6 Å². The molecule has 0 radical (unpaired) electrons. The monoisotopic (exact) mass is 330 g/mol. The number of halogens is 1. The molecule has 0 saturated carbocycles. The number of hydrogen-bond acceptors (Lipinski definition) is 3. The van der Waals surface area contributed by atoms with Gasteiger partial charge in [0.25, 0.3) is 0 Å². The van der Waals surface area contributed by atoms with Gasteiger partial charge in [-0.3, -0.25) is 4.79 Å². The van der Waals surface area contributed by atoms with Crippen LogP contribution in [0.25, 0.3) is 0 Å². The Bertz CT molecular complexity index is 591. The van der Waals surface area contributed by atoms with Crippen LogP contribution in [0.3, 0.4) is 0 Å². The van der Waals surface area contributed by atoms with Crippen molar-refractivity contribution < 1.29 is 13.2 Å². The molecule has 2 atom stereocenters. The van der Waals surface area contributed by atoms with Crippen molar-refractivity contribution in [1.29, 1.82) is 0 Å². The van der Waals surface area contributed by atoms with E-state index in [0.717, 1.165) is 24.7 Å². The Morgan fingerprint density at radius 1 is 1.38 bits per heavy atom. The molecule has 0 aromatic heterocycles. The van der Waals surface area contributed by atoms with E-state index in [0.29, 0.717) is 13.1 Å². The highest BCUT2D eigenvalue weighted by atomic mass is 35.5. The summed E-state index contributed by atoms with van der Waals surface area (Å²) >= 11 is 6.24. The van der Waals surface area contributed by atoms with Gasteiger partial charge in [-0.1, -0.05) is 30.3 Å². The third-order valence-corrected chi connectivity index (χ3v) is 4.62. The second-order valence-electron chi connectivity index (χ2n) is 5.29. The highest BCUT2D eigenvalue weighted by molar-refractivity contribution is 7.88. The van der Waals surface area contributed by atoms with Gasteiger partial charge < -0.3 is 4.90 Å². The maximum atomic E-state index is 12.4. The third-order valence-electron chi connectivity index (χ3n) is 3.42. The van der Waals surface area contributed by atoms with Crippen LogP contribution >= 0.6 is 11.6 Å². The van der Waals surface area contributed by atoms with Crippen LogP contribution in [0.1, 0.15) is 23.8 Å². The van der Waals surface area contributed by atoms with E-state index in [1.54, 1.807) is 4.90 Å². The molecule has 0 bridgehead atoms. The maximum Gasteiger partial charge on any atom is 0.245 e. The van der Waals surface area contributed by atoms with Crippen molar-refractivity contribution in [3.8, 4) is 0 Å². The normalized spacial score (nSPS) is 21.0. The van der Waals surface area contributed by atoms with Crippen molar-refractivity contribution in [3.05, 3.63) is 35.9 Å². The molecule has 1 N–H and O–H groups in total. The Hall–Kier alpha value is -1.11. The van der Waals surface area contributed by atoms with Gasteiger partial charge in [0.05, 0.1) is 6.26 Å². The minimum atomic E-state index is -3.27. The average Bonchev–Trinajstić information content (AvgIpc) is 2.45. The lowest BCUT2D eigenvalue weighted by atomic mass is 10.0. The zero-order valence-electron chi connectivity index (χ0n) is 11.8. The van der Waals surface area contributed by atoms with Crippen molar-refractivity contribution in [2.75, 3.05) is 19.3 Å². The molecule has 0 spiro atoms. The van der Waals surface area contributed by atoms with Gasteiger partial charge in [0.15, 0.2) is 0 Å². The molecule has 1 amide bonds. The molecular weight excluding hydrogens is 312 g/mol. The first kappa shape index (κ1) is 16.3. The van der Waals surface area contributed by atoms with Crippen LogP contribution in [0.5, 0.6) is 0 Å². The molecule has 0 aliphatic carbocycles. The van der Waals surface area contributed by atoms with Gasteiger partial charge in [0.2, 0.25) is 15.9 Å². The van der Waals surface area contributed by atoms with E-state index < -0.39 is 15.4 Å². The number of benzene rings is 1. The number of nitrogens with one attached hydrogen (secondary N) is 1. The number of carbonyl (C=O) groups excluding carboxylic acids is 1. The highest BCUT2D eigenvalue weighted by Crippen LogP contribution is 2.24. The maximum absolute atomic E-state index is 12.4. The molecule has 7 heteroatoms. The molecule has 1 fully saturated rings. The molecule has 1 aliphatic rings. The summed E-state index contributed by atoms with van der Waals surface area (Å²) in [6, 6.07) is 8.92. The molecule has 2 unspecified atom stereocenters. The van der Waals surface area contributed by atoms with E-state index in [9.17, 15) is 13.2 Å². The molecule has 21 heavy (non-hydrogen) atoms. The molecule has 1 aromatic carbocycles. The smallest absolute Gasteiger partial charge is 0.245 e. The van der Waals surface area contributed by atoms with Crippen molar-refractivity contribution in [1.82, 2.24) is 9.62 Å². The molecule has 116 valence electrons. The summed E-state index contributed by atoms with van der Waals surface area (Å²) < 4.78 is 25.1. The zero-order chi connectivity index (χ0) is 15.5. The van der Waals surface area contributed by atoms with Gasteiger partial charge in [-0.25, -0.2) is 13.1 Å². The van der Waals surface area contributed by atoms with Gasteiger partial charge in [-0.05, 0) is 18.4 Å². The number of sulfonamides is 1. The minimum Gasteiger partial charge on any atom is -0.340 e. The van der Waals surface area contributed by atoms with Crippen molar-refractivity contribution in [2.24, 2.45) is 0 Å². The summed E-state index contributed by atoms with van der Waals surface area (Å²) in [6.45, 7) is 0.971. The number of carbonyl (C=O) groups is 1. The molecule has 5 nitrogen and oxygen atoms in total. The van der Waals surface area contributed by atoms with Crippen LogP contribution in [-0.4, -0.2) is 44.6 Å². The SMILES string of the molecule is CS(=O)(=O)NC1CCCN(C(=O)C(Cl)c2ccccc2)C1. The Balaban J connectivity index is 2.02. The first-order valence-corrected chi connectivity index (χ1v) is 9.15. The number of nitrogens with zero attached hydrogens (tertiary/aromatic N) is 1.